The maximum atomic E-state index is 13.8. The Morgan fingerprint density at radius 2 is 1.89 bits per heavy atom. The van der Waals surface area contributed by atoms with E-state index in [9.17, 15) is 29.3 Å². The van der Waals surface area contributed by atoms with Gasteiger partial charge in [-0.1, -0.05) is 16.9 Å². The number of nitro groups is 1. The molecule has 1 aliphatic rings. The van der Waals surface area contributed by atoms with Gasteiger partial charge in [-0.3, -0.25) is 19.7 Å². The number of rotatable bonds is 12. The molecule has 0 fully saturated rings. The number of pyridine rings is 2. The number of carbonyl (C=O) groups is 3. The second-order valence-electron chi connectivity index (χ2n) is 9.40. The van der Waals surface area contributed by atoms with Crippen LogP contribution < -0.4 is 20.3 Å². The Kier molecular flexibility index (Phi) is 9.53. The number of hydrogen-bond donors (Lipinski definition) is 2. The molecule has 0 saturated heterocycles. The van der Waals surface area contributed by atoms with Gasteiger partial charge in [0.2, 0.25) is 0 Å². The van der Waals surface area contributed by atoms with Crippen LogP contribution in [0, 0.1) is 10.1 Å². The van der Waals surface area contributed by atoms with Gasteiger partial charge in [-0.2, -0.15) is 0 Å². The molecule has 0 aliphatic heterocycles. The van der Waals surface area contributed by atoms with Crippen molar-refractivity contribution in [1.29, 1.82) is 0 Å². The second kappa shape index (κ2) is 13.7. The first-order valence-corrected chi connectivity index (χ1v) is 15.7. The summed E-state index contributed by atoms with van der Waals surface area (Å²) >= 11 is 0. The second-order valence-corrected chi connectivity index (χ2v) is 11.8. The van der Waals surface area contributed by atoms with Gasteiger partial charge in [0, 0.05) is 53.7 Å². The van der Waals surface area contributed by atoms with E-state index in [1.54, 1.807) is 6.20 Å². The van der Waals surface area contributed by atoms with Gasteiger partial charge in [-0.15, -0.1) is 0 Å². The van der Waals surface area contributed by atoms with Gasteiger partial charge in [0.1, 0.15) is 11.6 Å². The Labute approximate surface area is 262 Å². The summed E-state index contributed by atoms with van der Waals surface area (Å²) in [6.07, 6.45) is -0.385. The number of carboxylic acid groups (broad SMARTS) is 1. The lowest BCUT2D eigenvalue weighted by Gasteiger charge is -2.16. The standard InChI is InChI=1S/C29H24N4O10S2/c1-41-21-14-18-19(15-22(21)43-29(38)42-11-12-44-45-23-5-2-3-8-30-23)26(34)24-17-7-6-16(33(39)40)13-20(17)27(35)32(25(18)24)10-4-9-31-28(36)37/h2-3,5-8,13-15,31H,4,9-12H2,1H3,(H,36,37). The van der Waals surface area contributed by atoms with Crippen molar-refractivity contribution >= 4 is 56.1 Å². The highest BCUT2D eigenvalue weighted by Gasteiger charge is 2.35. The van der Waals surface area contributed by atoms with Gasteiger partial charge in [0.05, 0.1) is 28.7 Å². The molecule has 0 unspecified atom stereocenters. The van der Waals surface area contributed by atoms with Crippen molar-refractivity contribution in [2.24, 2.45) is 0 Å². The topological polar surface area (TPSA) is 189 Å². The molecule has 14 nitrogen and oxygen atoms in total. The highest BCUT2D eigenvalue weighted by molar-refractivity contribution is 8.76. The number of aromatic nitrogens is 2. The number of ether oxygens (including phenoxy) is 3. The molecule has 2 aromatic heterocycles. The maximum absolute atomic E-state index is 13.8. The molecule has 0 bridgehead atoms. The summed E-state index contributed by atoms with van der Waals surface area (Å²) in [6.45, 7) is 0.0568. The number of hydrogen-bond acceptors (Lipinski definition) is 12. The molecular weight excluding hydrogens is 628 g/mol. The molecule has 0 saturated carbocycles. The van der Waals surface area contributed by atoms with E-state index in [1.165, 1.54) is 57.5 Å². The molecule has 16 heteroatoms. The smallest absolute Gasteiger partial charge is 0.493 e. The fourth-order valence-electron chi connectivity index (χ4n) is 4.80. The van der Waals surface area contributed by atoms with Gasteiger partial charge in [0.15, 0.2) is 17.3 Å². The third-order valence-corrected chi connectivity index (χ3v) is 8.92. The summed E-state index contributed by atoms with van der Waals surface area (Å²) in [5.41, 5.74) is -0.120. The minimum absolute atomic E-state index is 0.00365. The molecule has 1 aliphatic carbocycles. The first-order chi connectivity index (χ1) is 21.7. The maximum Gasteiger partial charge on any atom is 0.514 e. The van der Waals surface area contributed by atoms with Gasteiger partial charge in [0.25, 0.3) is 11.2 Å². The molecule has 0 radical (unpaired) electrons. The number of non-ortho nitro benzene ring substituents is 1. The van der Waals surface area contributed by atoms with E-state index >= 15 is 0 Å². The third kappa shape index (κ3) is 6.71. The van der Waals surface area contributed by atoms with Gasteiger partial charge in [-0.25, -0.2) is 14.6 Å². The monoisotopic (exact) mass is 652 g/mol. The van der Waals surface area contributed by atoms with E-state index in [2.05, 4.69) is 10.3 Å². The van der Waals surface area contributed by atoms with Crippen LogP contribution in [0.25, 0.3) is 22.0 Å². The van der Waals surface area contributed by atoms with Crippen LogP contribution >= 0.6 is 21.6 Å². The highest BCUT2D eigenvalue weighted by atomic mass is 33.1. The summed E-state index contributed by atoms with van der Waals surface area (Å²) < 4.78 is 17.3. The average molecular weight is 653 g/mol. The fraction of sp³-hybridized carbons (Fsp3) is 0.207. The third-order valence-electron chi connectivity index (χ3n) is 6.69. The molecule has 2 N–H and O–H groups in total. The van der Waals surface area contributed by atoms with Crippen LogP contribution in [-0.2, 0) is 11.3 Å². The van der Waals surface area contributed by atoms with Crippen LogP contribution in [0.4, 0.5) is 15.3 Å². The van der Waals surface area contributed by atoms with E-state index < -0.39 is 28.5 Å². The summed E-state index contributed by atoms with van der Waals surface area (Å²) in [7, 11) is 4.21. The molecule has 0 spiro atoms. The lowest BCUT2D eigenvalue weighted by atomic mass is 10.0. The van der Waals surface area contributed by atoms with Crippen molar-refractivity contribution in [2.75, 3.05) is 26.0 Å². The summed E-state index contributed by atoms with van der Waals surface area (Å²) in [4.78, 5) is 65.9. The Balaban J connectivity index is 1.43. The van der Waals surface area contributed by atoms with Crippen molar-refractivity contribution in [3.05, 3.63) is 86.3 Å². The quantitative estimate of drug-likeness (QED) is 0.0450. The predicted octanol–water partition coefficient (Wildman–Crippen LogP) is 5.14. The average Bonchev–Trinajstić information content (AvgIpc) is 3.31. The number of fused-ring (bicyclic) bond motifs is 5. The first-order valence-electron chi connectivity index (χ1n) is 13.3. The molecule has 0 atom stereocenters. The van der Waals surface area contributed by atoms with Crippen molar-refractivity contribution in [2.45, 2.75) is 18.0 Å². The minimum Gasteiger partial charge on any atom is -0.493 e. The fourth-order valence-corrected chi connectivity index (χ4v) is 6.51. The zero-order chi connectivity index (χ0) is 32.1. The van der Waals surface area contributed by atoms with Gasteiger partial charge in [-0.05, 0) is 47.5 Å². The molecular formula is C29H24N4O10S2. The van der Waals surface area contributed by atoms with E-state index in [0.717, 1.165) is 11.1 Å². The first kappa shape index (κ1) is 31.3. The number of nitrogens with zero attached hydrogens (tertiary/aromatic N) is 3. The Morgan fingerprint density at radius 3 is 2.60 bits per heavy atom. The number of methoxy groups -OCH3 is 1. The zero-order valence-corrected chi connectivity index (χ0v) is 25.1. The summed E-state index contributed by atoms with van der Waals surface area (Å²) in [5, 5.41) is 23.6. The van der Waals surface area contributed by atoms with Crippen molar-refractivity contribution < 1.29 is 38.6 Å². The molecule has 45 heavy (non-hydrogen) atoms. The van der Waals surface area contributed by atoms with E-state index in [4.69, 9.17) is 19.3 Å². The highest BCUT2D eigenvalue weighted by Crippen LogP contribution is 2.45. The predicted molar refractivity (Wildman–Crippen MR) is 165 cm³/mol. The Morgan fingerprint density at radius 1 is 1.09 bits per heavy atom. The molecule has 5 rings (SSSR count). The van der Waals surface area contributed by atoms with E-state index in [1.807, 2.05) is 18.2 Å². The lowest BCUT2D eigenvalue weighted by molar-refractivity contribution is -0.384. The number of nitrogens with one attached hydrogen (secondary N) is 1. The number of benzene rings is 2. The normalized spacial score (nSPS) is 11.5. The SMILES string of the molecule is COc1cc2c(cc1OC(=O)OCCSSc1ccccn1)C(=O)c1c-2n(CCCNC(=O)O)c(=O)c2cc([N+](=O)[O-])ccc12. The van der Waals surface area contributed by atoms with Crippen molar-refractivity contribution in [1.82, 2.24) is 14.9 Å². The van der Waals surface area contributed by atoms with Crippen LogP contribution in [0.15, 0.2) is 64.5 Å². The number of carbonyl (C=O) groups excluding carboxylic acids is 2. The molecule has 232 valence electrons. The molecule has 1 amide bonds. The van der Waals surface area contributed by atoms with Gasteiger partial charge < -0.3 is 29.2 Å². The van der Waals surface area contributed by atoms with E-state index in [0.29, 0.717) is 11.3 Å². The molecule has 2 heterocycles. The summed E-state index contributed by atoms with van der Waals surface area (Å²) in [5.74, 6) is -0.0461. The van der Waals surface area contributed by atoms with E-state index in [-0.39, 0.29) is 70.9 Å². The summed E-state index contributed by atoms with van der Waals surface area (Å²) in [6, 6.07) is 12.0. The van der Waals surface area contributed by atoms with Crippen LogP contribution in [-0.4, -0.2) is 63.6 Å². The van der Waals surface area contributed by atoms with Crippen LogP contribution in [0.1, 0.15) is 22.3 Å². The van der Waals surface area contributed by atoms with Crippen LogP contribution in [0.2, 0.25) is 0 Å². The molecule has 2 aromatic carbocycles. The Bertz CT molecular complexity index is 1880. The van der Waals surface area contributed by atoms with Crippen molar-refractivity contribution in [3.8, 4) is 22.8 Å². The van der Waals surface area contributed by atoms with Crippen LogP contribution in [0.5, 0.6) is 11.5 Å². The number of amides is 1. The molecule has 4 aromatic rings. The minimum atomic E-state index is -1.24. The van der Waals surface area contributed by atoms with Gasteiger partial charge >= 0.3 is 12.2 Å². The number of nitro benzene ring substituents is 1. The lowest BCUT2D eigenvalue weighted by Crippen LogP contribution is -2.27. The Hall–Kier alpha value is -5.09. The number of ketones is 1. The zero-order valence-electron chi connectivity index (χ0n) is 23.5. The van der Waals surface area contributed by atoms with Crippen molar-refractivity contribution in [3.63, 3.8) is 0 Å². The largest absolute Gasteiger partial charge is 0.514 e. The van der Waals surface area contributed by atoms with Crippen LogP contribution in [0.3, 0.4) is 0 Å².